The summed E-state index contributed by atoms with van der Waals surface area (Å²) in [7, 11) is -3.50. The summed E-state index contributed by atoms with van der Waals surface area (Å²) in [5.41, 5.74) is 5.46. The van der Waals surface area contributed by atoms with Gasteiger partial charge >= 0.3 is 0 Å². The Balaban J connectivity index is 3.63. The highest BCUT2D eigenvalue weighted by Crippen LogP contribution is 2.24. The molecule has 140 valence electrons. The van der Waals surface area contributed by atoms with Crippen LogP contribution in [0, 0.1) is 0 Å². The third-order valence-corrected chi connectivity index (χ3v) is 6.43. The first-order valence-corrected chi connectivity index (χ1v) is 10.9. The Morgan fingerprint density at radius 3 is 1.78 bits per heavy atom. The highest BCUT2D eigenvalue weighted by Gasteiger charge is 2.34. The third-order valence-electron chi connectivity index (χ3n) is 4.40. The second-order valence-electron chi connectivity index (χ2n) is 7.11. The van der Waals surface area contributed by atoms with Crippen LogP contribution in [0.2, 0.25) is 0 Å². The monoisotopic (exact) mass is 349 g/mol. The van der Waals surface area contributed by atoms with Gasteiger partial charge in [0.1, 0.15) is 0 Å². The number of rotatable bonds is 16. The molecule has 0 heterocycles. The lowest BCUT2D eigenvalue weighted by Gasteiger charge is -2.23. The molecule has 0 fully saturated rings. The fourth-order valence-electron chi connectivity index (χ4n) is 2.57. The van der Waals surface area contributed by atoms with Gasteiger partial charge in [-0.05, 0) is 39.7 Å². The molecule has 0 aromatic rings. The summed E-state index contributed by atoms with van der Waals surface area (Å²) in [6, 6.07) is 0. The summed E-state index contributed by atoms with van der Waals surface area (Å²) in [5.74, 6) is 0. The van der Waals surface area contributed by atoms with Gasteiger partial charge in [-0.25, -0.2) is 0 Å². The van der Waals surface area contributed by atoms with Crippen molar-refractivity contribution in [3.63, 3.8) is 0 Å². The standard InChI is InChI=1S/C18H39NO3S/c1-4-5-6-7-8-9-10-11-12-13-17-22-23(20,21)18(2,3)15-14-16-19/h4-17,19H2,1-3H3. The van der Waals surface area contributed by atoms with Crippen LogP contribution in [0.4, 0.5) is 0 Å². The van der Waals surface area contributed by atoms with Crippen molar-refractivity contribution in [3.8, 4) is 0 Å². The average molecular weight is 350 g/mol. The van der Waals surface area contributed by atoms with E-state index in [0.717, 1.165) is 12.8 Å². The minimum Gasteiger partial charge on any atom is -0.330 e. The molecule has 0 aliphatic heterocycles. The second kappa shape index (κ2) is 13.2. The molecule has 4 nitrogen and oxygen atoms in total. The topological polar surface area (TPSA) is 69.4 Å². The zero-order chi connectivity index (χ0) is 17.6. The molecule has 0 spiro atoms. The molecule has 0 radical (unpaired) electrons. The van der Waals surface area contributed by atoms with Crippen molar-refractivity contribution in [1.82, 2.24) is 0 Å². The van der Waals surface area contributed by atoms with E-state index in [-0.39, 0.29) is 0 Å². The average Bonchev–Trinajstić information content (AvgIpc) is 2.50. The predicted octanol–water partition coefficient (Wildman–Crippen LogP) is 4.77. The van der Waals surface area contributed by atoms with Crippen molar-refractivity contribution in [1.29, 1.82) is 0 Å². The molecule has 0 aliphatic rings. The number of unbranched alkanes of at least 4 members (excludes halogenated alkanes) is 9. The summed E-state index contributed by atoms with van der Waals surface area (Å²) in [6.07, 6.45) is 13.5. The second-order valence-corrected chi connectivity index (χ2v) is 9.36. The van der Waals surface area contributed by atoms with Crippen molar-refractivity contribution in [3.05, 3.63) is 0 Å². The molecule has 0 atom stereocenters. The summed E-state index contributed by atoms with van der Waals surface area (Å²) < 4.78 is 28.7. The van der Waals surface area contributed by atoms with Gasteiger partial charge in [0.05, 0.1) is 11.4 Å². The summed E-state index contributed by atoms with van der Waals surface area (Å²) in [5, 5.41) is 0. The first kappa shape index (κ1) is 22.9. The summed E-state index contributed by atoms with van der Waals surface area (Å²) >= 11 is 0. The van der Waals surface area contributed by atoms with Gasteiger partial charge in [-0.2, -0.15) is 8.42 Å². The molecule has 0 bridgehead atoms. The van der Waals surface area contributed by atoms with E-state index >= 15 is 0 Å². The van der Waals surface area contributed by atoms with Gasteiger partial charge in [-0.3, -0.25) is 4.18 Å². The normalized spacial score (nSPS) is 12.7. The molecule has 0 saturated carbocycles. The Labute approximate surface area is 144 Å². The minimum atomic E-state index is -3.50. The zero-order valence-electron chi connectivity index (χ0n) is 15.6. The Hall–Kier alpha value is -0.130. The van der Waals surface area contributed by atoms with E-state index in [1.54, 1.807) is 13.8 Å². The van der Waals surface area contributed by atoms with Gasteiger partial charge in [-0.15, -0.1) is 0 Å². The van der Waals surface area contributed by atoms with Crippen molar-refractivity contribution in [2.45, 2.75) is 103 Å². The maximum atomic E-state index is 12.2. The van der Waals surface area contributed by atoms with Crippen LogP contribution in [0.1, 0.15) is 97.8 Å². The van der Waals surface area contributed by atoms with E-state index in [2.05, 4.69) is 6.92 Å². The SMILES string of the molecule is CCCCCCCCCCCCOS(=O)(=O)C(C)(C)CCCN. The highest BCUT2D eigenvalue weighted by atomic mass is 32.2. The fourth-order valence-corrected chi connectivity index (χ4v) is 3.62. The Morgan fingerprint density at radius 2 is 1.30 bits per heavy atom. The van der Waals surface area contributed by atoms with Crippen molar-refractivity contribution >= 4 is 10.1 Å². The van der Waals surface area contributed by atoms with Crippen LogP contribution in [0.3, 0.4) is 0 Å². The first-order valence-electron chi connectivity index (χ1n) is 9.46. The largest absolute Gasteiger partial charge is 0.330 e. The van der Waals surface area contributed by atoms with Crippen LogP contribution >= 0.6 is 0 Å². The van der Waals surface area contributed by atoms with E-state index in [1.807, 2.05) is 0 Å². The third kappa shape index (κ3) is 11.1. The van der Waals surface area contributed by atoms with E-state index in [1.165, 1.54) is 51.4 Å². The predicted molar refractivity (Wildman–Crippen MR) is 99.1 cm³/mol. The fraction of sp³-hybridized carbons (Fsp3) is 1.00. The highest BCUT2D eigenvalue weighted by molar-refractivity contribution is 7.88. The molecule has 0 aromatic carbocycles. The molecular formula is C18H39NO3S. The number of hydrogen-bond donors (Lipinski definition) is 1. The van der Waals surface area contributed by atoms with Gasteiger partial charge in [0.25, 0.3) is 10.1 Å². The Morgan fingerprint density at radius 1 is 0.826 bits per heavy atom. The molecule has 23 heavy (non-hydrogen) atoms. The van der Waals surface area contributed by atoms with Crippen LogP contribution in [0.25, 0.3) is 0 Å². The van der Waals surface area contributed by atoms with Gasteiger partial charge < -0.3 is 5.73 Å². The smallest absolute Gasteiger partial charge is 0.272 e. The Bertz CT molecular complexity index is 366. The van der Waals surface area contributed by atoms with E-state index in [9.17, 15) is 8.42 Å². The molecule has 0 saturated heterocycles. The maximum absolute atomic E-state index is 12.2. The van der Waals surface area contributed by atoms with Crippen molar-refractivity contribution < 1.29 is 12.6 Å². The van der Waals surface area contributed by atoms with Gasteiger partial charge in [0.15, 0.2) is 0 Å². The minimum absolute atomic E-state index is 0.310. The lowest BCUT2D eigenvalue weighted by atomic mass is 10.1. The van der Waals surface area contributed by atoms with Crippen molar-refractivity contribution in [2.24, 2.45) is 5.73 Å². The summed E-state index contributed by atoms with van der Waals surface area (Å²) in [4.78, 5) is 0. The molecule has 0 amide bonds. The zero-order valence-corrected chi connectivity index (χ0v) is 16.4. The molecule has 0 aliphatic carbocycles. The van der Waals surface area contributed by atoms with Crippen LogP contribution in [-0.2, 0) is 14.3 Å². The van der Waals surface area contributed by atoms with Crippen LogP contribution in [0.15, 0.2) is 0 Å². The lowest BCUT2D eigenvalue weighted by Crippen LogP contribution is -2.34. The quantitative estimate of drug-likeness (QED) is 0.322. The van der Waals surface area contributed by atoms with E-state index in [0.29, 0.717) is 26.0 Å². The van der Waals surface area contributed by atoms with Gasteiger partial charge in [0.2, 0.25) is 0 Å². The lowest BCUT2D eigenvalue weighted by molar-refractivity contribution is 0.288. The number of nitrogens with two attached hydrogens (primary N) is 1. The van der Waals surface area contributed by atoms with Gasteiger partial charge in [0, 0.05) is 0 Å². The number of hydrogen-bond acceptors (Lipinski definition) is 4. The molecule has 5 heteroatoms. The Kier molecular flexibility index (Phi) is 13.1. The van der Waals surface area contributed by atoms with E-state index in [4.69, 9.17) is 9.92 Å². The molecule has 0 aromatic heterocycles. The van der Waals surface area contributed by atoms with E-state index < -0.39 is 14.9 Å². The van der Waals surface area contributed by atoms with Crippen LogP contribution in [0.5, 0.6) is 0 Å². The molecule has 0 unspecified atom stereocenters. The maximum Gasteiger partial charge on any atom is 0.272 e. The van der Waals surface area contributed by atoms with Gasteiger partial charge in [-0.1, -0.05) is 64.7 Å². The van der Waals surface area contributed by atoms with Crippen LogP contribution in [-0.4, -0.2) is 26.3 Å². The molecule has 2 N–H and O–H groups in total. The molecular weight excluding hydrogens is 310 g/mol. The summed E-state index contributed by atoms with van der Waals surface area (Å²) in [6.45, 7) is 6.50. The molecule has 0 rings (SSSR count). The van der Waals surface area contributed by atoms with Crippen molar-refractivity contribution in [2.75, 3.05) is 13.2 Å². The van der Waals surface area contributed by atoms with Crippen LogP contribution < -0.4 is 5.73 Å². The first-order chi connectivity index (χ1) is 10.9.